The predicted molar refractivity (Wildman–Crippen MR) is 92.2 cm³/mol. The Labute approximate surface area is 140 Å². The lowest BCUT2D eigenvalue weighted by atomic mass is 9.98. The first-order valence-corrected chi connectivity index (χ1v) is 8.68. The number of rotatable bonds is 10. The third kappa shape index (κ3) is 8.23. The number of hydrogen-bond donors (Lipinski definition) is 1. The van der Waals surface area contributed by atoms with Gasteiger partial charge in [0.25, 0.3) is 0 Å². The number of piperidine rings is 1. The van der Waals surface area contributed by atoms with Crippen LogP contribution in [0.3, 0.4) is 0 Å². The van der Waals surface area contributed by atoms with Gasteiger partial charge >= 0.3 is 6.09 Å². The Morgan fingerprint density at radius 2 is 2.00 bits per heavy atom. The Balaban J connectivity index is 2.31. The largest absolute Gasteiger partial charge is 0.497 e. The van der Waals surface area contributed by atoms with E-state index in [1.54, 1.807) is 7.05 Å². The lowest BCUT2D eigenvalue weighted by Crippen LogP contribution is -2.44. The molecule has 1 rings (SSSR count). The van der Waals surface area contributed by atoms with Gasteiger partial charge in [0.2, 0.25) is 0 Å². The fourth-order valence-electron chi connectivity index (χ4n) is 2.86. The summed E-state index contributed by atoms with van der Waals surface area (Å²) in [7, 11) is 1.59. The molecule has 0 aromatic rings. The molecule has 1 heterocycles. The van der Waals surface area contributed by atoms with Crippen molar-refractivity contribution in [3.63, 3.8) is 0 Å². The van der Waals surface area contributed by atoms with Gasteiger partial charge in [0.15, 0.2) is 0 Å². The standard InChI is InChI=1S/C17H33N3O3/c1-5-9-20(12-15(3)22-6-2)14-19-10-7-16(8-11-19)13-23-17(21)18-4/h16H,3,5-14H2,1-2,4H3,(H,18,21). The summed E-state index contributed by atoms with van der Waals surface area (Å²) in [6, 6.07) is 0. The molecule has 0 radical (unpaired) electrons. The molecule has 1 amide bonds. The van der Waals surface area contributed by atoms with Crippen LogP contribution in [-0.2, 0) is 9.47 Å². The van der Waals surface area contributed by atoms with Gasteiger partial charge in [0, 0.05) is 7.05 Å². The monoisotopic (exact) mass is 327 g/mol. The number of nitrogens with one attached hydrogen (secondary N) is 1. The van der Waals surface area contributed by atoms with Gasteiger partial charge in [-0.15, -0.1) is 0 Å². The van der Waals surface area contributed by atoms with E-state index < -0.39 is 0 Å². The minimum Gasteiger partial charge on any atom is -0.497 e. The highest BCUT2D eigenvalue weighted by Crippen LogP contribution is 2.18. The molecule has 0 aliphatic carbocycles. The van der Waals surface area contributed by atoms with Crippen LogP contribution in [0.1, 0.15) is 33.1 Å². The van der Waals surface area contributed by atoms with Gasteiger partial charge in [0.1, 0.15) is 5.76 Å². The van der Waals surface area contributed by atoms with Crippen LogP contribution < -0.4 is 5.32 Å². The Kier molecular flexibility index (Phi) is 9.71. The molecule has 0 saturated carbocycles. The highest BCUT2D eigenvalue weighted by molar-refractivity contribution is 5.66. The van der Waals surface area contributed by atoms with E-state index in [0.717, 1.165) is 57.9 Å². The minimum absolute atomic E-state index is 0.337. The number of carbonyl (C=O) groups is 1. The number of carbonyl (C=O) groups excluding carboxylic acids is 1. The molecule has 1 fully saturated rings. The number of ether oxygens (including phenoxy) is 2. The smallest absolute Gasteiger partial charge is 0.406 e. The maximum absolute atomic E-state index is 11.1. The van der Waals surface area contributed by atoms with E-state index in [2.05, 4.69) is 28.6 Å². The highest BCUT2D eigenvalue weighted by Gasteiger charge is 2.22. The van der Waals surface area contributed by atoms with E-state index in [4.69, 9.17) is 9.47 Å². The van der Waals surface area contributed by atoms with E-state index in [1.165, 1.54) is 0 Å². The molecule has 0 aromatic carbocycles. The summed E-state index contributed by atoms with van der Waals surface area (Å²) in [4.78, 5) is 16.0. The molecule has 1 N–H and O–H groups in total. The Hall–Kier alpha value is -1.27. The number of hydrogen-bond acceptors (Lipinski definition) is 5. The average molecular weight is 327 g/mol. The van der Waals surface area contributed by atoms with Crippen molar-refractivity contribution in [1.82, 2.24) is 15.1 Å². The number of likely N-dealkylation sites (tertiary alicyclic amines) is 1. The number of nitrogens with zero attached hydrogens (tertiary/aromatic N) is 2. The van der Waals surface area contributed by atoms with Crippen LogP contribution in [0.4, 0.5) is 4.79 Å². The van der Waals surface area contributed by atoms with Crippen LogP contribution in [0, 0.1) is 5.92 Å². The first kappa shape index (κ1) is 19.8. The van der Waals surface area contributed by atoms with E-state index >= 15 is 0 Å². The van der Waals surface area contributed by atoms with Crippen molar-refractivity contribution in [2.24, 2.45) is 5.92 Å². The van der Waals surface area contributed by atoms with Gasteiger partial charge in [-0.3, -0.25) is 9.80 Å². The Bertz CT molecular complexity index is 355. The van der Waals surface area contributed by atoms with Crippen LogP contribution in [0.15, 0.2) is 12.3 Å². The van der Waals surface area contributed by atoms with Crippen molar-refractivity contribution in [1.29, 1.82) is 0 Å². The molecular weight excluding hydrogens is 294 g/mol. The second-order valence-electron chi connectivity index (χ2n) is 6.08. The minimum atomic E-state index is -0.337. The molecule has 1 saturated heterocycles. The molecule has 23 heavy (non-hydrogen) atoms. The quantitative estimate of drug-likeness (QED) is 0.624. The van der Waals surface area contributed by atoms with Crippen molar-refractivity contribution >= 4 is 6.09 Å². The molecular formula is C17H33N3O3. The number of amides is 1. The summed E-state index contributed by atoms with van der Waals surface area (Å²) in [5, 5.41) is 2.48. The lowest BCUT2D eigenvalue weighted by molar-refractivity contribution is 0.0645. The highest BCUT2D eigenvalue weighted by atomic mass is 16.5. The molecule has 0 bridgehead atoms. The molecule has 0 spiro atoms. The molecule has 0 aromatic heterocycles. The molecule has 1 aliphatic rings. The van der Waals surface area contributed by atoms with Gasteiger partial charge in [0.05, 0.1) is 26.4 Å². The van der Waals surface area contributed by atoms with E-state index in [9.17, 15) is 4.79 Å². The molecule has 6 heteroatoms. The van der Waals surface area contributed by atoms with Crippen LogP contribution in [0.2, 0.25) is 0 Å². The summed E-state index contributed by atoms with van der Waals surface area (Å²) >= 11 is 0. The lowest BCUT2D eigenvalue weighted by Gasteiger charge is -2.35. The summed E-state index contributed by atoms with van der Waals surface area (Å²) in [6.45, 7) is 14.2. The number of alkyl carbamates (subject to hydrolysis) is 1. The second-order valence-corrected chi connectivity index (χ2v) is 6.08. The zero-order valence-electron chi connectivity index (χ0n) is 15.0. The molecule has 1 aliphatic heterocycles. The summed E-state index contributed by atoms with van der Waals surface area (Å²) < 4.78 is 10.6. The predicted octanol–water partition coefficient (Wildman–Crippen LogP) is 2.27. The molecule has 134 valence electrons. The van der Waals surface area contributed by atoms with Crippen molar-refractivity contribution in [3.8, 4) is 0 Å². The van der Waals surface area contributed by atoms with Crippen molar-refractivity contribution in [2.75, 3.05) is 53.1 Å². The SMILES string of the molecule is C=C(CN(CCC)CN1CCC(COC(=O)NC)CC1)OCC. The van der Waals surface area contributed by atoms with Gasteiger partial charge in [-0.05, 0) is 51.7 Å². The third-order valence-electron chi connectivity index (χ3n) is 4.05. The van der Waals surface area contributed by atoms with E-state index in [1.807, 2.05) is 6.92 Å². The average Bonchev–Trinajstić information content (AvgIpc) is 2.54. The van der Waals surface area contributed by atoms with Crippen molar-refractivity contribution < 1.29 is 14.3 Å². The zero-order valence-corrected chi connectivity index (χ0v) is 15.0. The van der Waals surface area contributed by atoms with Gasteiger partial charge in [-0.2, -0.15) is 0 Å². The maximum atomic E-state index is 11.1. The third-order valence-corrected chi connectivity index (χ3v) is 4.05. The Morgan fingerprint density at radius 3 is 2.57 bits per heavy atom. The fourth-order valence-corrected chi connectivity index (χ4v) is 2.86. The fraction of sp³-hybridized carbons (Fsp3) is 0.824. The Morgan fingerprint density at radius 1 is 1.30 bits per heavy atom. The van der Waals surface area contributed by atoms with E-state index in [-0.39, 0.29) is 6.09 Å². The molecule has 0 unspecified atom stereocenters. The van der Waals surface area contributed by atoms with Crippen LogP contribution in [0.5, 0.6) is 0 Å². The molecule has 6 nitrogen and oxygen atoms in total. The second kappa shape index (κ2) is 11.3. The van der Waals surface area contributed by atoms with Gasteiger partial charge in [-0.25, -0.2) is 4.79 Å². The van der Waals surface area contributed by atoms with E-state index in [0.29, 0.717) is 19.1 Å². The summed E-state index contributed by atoms with van der Waals surface area (Å²) in [5.41, 5.74) is 0. The van der Waals surface area contributed by atoms with Crippen LogP contribution >= 0.6 is 0 Å². The normalized spacial score (nSPS) is 16.3. The van der Waals surface area contributed by atoms with Crippen LogP contribution in [0.25, 0.3) is 0 Å². The zero-order chi connectivity index (χ0) is 17.1. The van der Waals surface area contributed by atoms with Crippen LogP contribution in [-0.4, -0.2) is 69.0 Å². The first-order valence-electron chi connectivity index (χ1n) is 8.68. The van der Waals surface area contributed by atoms with Crippen molar-refractivity contribution in [3.05, 3.63) is 12.3 Å². The topological polar surface area (TPSA) is 54.0 Å². The summed E-state index contributed by atoms with van der Waals surface area (Å²) in [5.74, 6) is 1.32. The van der Waals surface area contributed by atoms with Gasteiger partial charge < -0.3 is 14.8 Å². The van der Waals surface area contributed by atoms with Crippen molar-refractivity contribution in [2.45, 2.75) is 33.1 Å². The van der Waals surface area contributed by atoms with Gasteiger partial charge in [-0.1, -0.05) is 13.5 Å². The molecule has 0 atom stereocenters. The maximum Gasteiger partial charge on any atom is 0.406 e. The first-order chi connectivity index (χ1) is 11.1. The summed E-state index contributed by atoms with van der Waals surface area (Å²) in [6.07, 6.45) is 2.93.